The first-order valence-corrected chi connectivity index (χ1v) is 42.9. The fourth-order valence-corrected chi connectivity index (χ4v) is 13.7. The van der Waals surface area contributed by atoms with Crippen LogP contribution in [0.1, 0.15) is 431 Å². The number of hydrogen-bond donors (Lipinski definition) is 6. The third kappa shape index (κ3) is 63.3. The lowest BCUT2D eigenvalue weighted by molar-refractivity contribution is -0.302. The highest BCUT2D eigenvalue weighted by Crippen LogP contribution is 2.24. The number of allylic oxidation sites excluding steroid dienone is 7. The standard InChI is InChI=1S/C87H163NO10/c1-3-5-7-9-11-13-15-17-19-47-51-55-59-63-67-71-75-83(92)96-76-72-68-64-60-56-52-48-44-42-40-38-36-34-32-30-28-26-24-22-20-21-23-25-27-29-31-33-35-37-39-41-43-46-50-54-58-62-66-70-74-82(91)88-79(78-97-87-86(95)85(94)84(93)81(77-89)98-87)80(90)73-69-65-61-57-53-49-45-18-16-14-12-10-8-6-4-2/h16,18,20-21,53,57,69,73,79-81,84-87,89-90,93-95H,3-15,17,19,22-52,54-56,58-68,70-72,74-78H2,1-2H3,(H,88,91)/b18-16+,21-20-,57-53+,73-69+. The maximum atomic E-state index is 13.1. The van der Waals surface area contributed by atoms with Gasteiger partial charge in [0.2, 0.25) is 5.91 Å². The zero-order chi connectivity index (χ0) is 70.8. The summed E-state index contributed by atoms with van der Waals surface area (Å²) in [5.41, 5.74) is 0. The van der Waals surface area contributed by atoms with E-state index in [9.17, 15) is 35.1 Å². The zero-order valence-electron chi connectivity index (χ0n) is 64.5. The summed E-state index contributed by atoms with van der Waals surface area (Å²) in [6.45, 7) is 4.37. The van der Waals surface area contributed by atoms with Gasteiger partial charge >= 0.3 is 5.97 Å². The van der Waals surface area contributed by atoms with Gasteiger partial charge in [-0.15, -0.1) is 0 Å². The van der Waals surface area contributed by atoms with Crippen LogP contribution in [-0.2, 0) is 23.8 Å². The summed E-state index contributed by atoms with van der Waals surface area (Å²) in [6, 6.07) is -0.833. The van der Waals surface area contributed by atoms with Gasteiger partial charge in [0.15, 0.2) is 6.29 Å². The summed E-state index contributed by atoms with van der Waals surface area (Å²) >= 11 is 0. The molecule has 7 unspecified atom stereocenters. The molecule has 1 fully saturated rings. The first-order chi connectivity index (χ1) is 48.2. The smallest absolute Gasteiger partial charge is 0.305 e. The van der Waals surface area contributed by atoms with Gasteiger partial charge in [0.25, 0.3) is 0 Å². The number of esters is 1. The molecule has 0 aromatic carbocycles. The third-order valence-corrected chi connectivity index (χ3v) is 20.4. The van der Waals surface area contributed by atoms with Gasteiger partial charge in [0, 0.05) is 12.8 Å². The average molecular weight is 1380 g/mol. The Morgan fingerprint density at radius 1 is 0.367 bits per heavy atom. The van der Waals surface area contributed by atoms with Crippen LogP contribution >= 0.6 is 0 Å². The highest BCUT2D eigenvalue weighted by atomic mass is 16.7. The molecule has 0 saturated carbocycles. The number of nitrogens with one attached hydrogen (secondary N) is 1. The Kier molecular flexibility index (Phi) is 72.4. The Bertz CT molecular complexity index is 1770. The van der Waals surface area contributed by atoms with Gasteiger partial charge in [0.1, 0.15) is 24.4 Å². The van der Waals surface area contributed by atoms with Crippen LogP contribution in [0.25, 0.3) is 0 Å². The van der Waals surface area contributed by atoms with Gasteiger partial charge in [-0.05, 0) is 83.5 Å². The fraction of sp³-hybridized carbons (Fsp3) is 0.885. The van der Waals surface area contributed by atoms with Crippen LogP contribution < -0.4 is 5.32 Å². The predicted molar refractivity (Wildman–Crippen MR) is 417 cm³/mol. The number of amides is 1. The summed E-state index contributed by atoms with van der Waals surface area (Å²) in [5.74, 6) is -0.169. The summed E-state index contributed by atoms with van der Waals surface area (Å²) in [4.78, 5) is 25.2. The number of carbonyl (C=O) groups excluding carboxylic acids is 2. The van der Waals surface area contributed by atoms with E-state index < -0.39 is 49.5 Å². The third-order valence-electron chi connectivity index (χ3n) is 20.4. The van der Waals surface area contributed by atoms with Gasteiger partial charge in [-0.3, -0.25) is 9.59 Å². The van der Waals surface area contributed by atoms with Crippen molar-refractivity contribution in [2.45, 2.75) is 474 Å². The van der Waals surface area contributed by atoms with Gasteiger partial charge < -0.3 is 45.1 Å². The molecule has 0 aromatic rings. The average Bonchev–Trinajstić information content (AvgIpc) is 0.823. The van der Waals surface area contributed by atoms with Crippen molar-refractivity contribution in [2.24, 2.45) is 0 Å². The second kappa shape index (κ2) is 75.8. The Balaban J connectivity index is 1.89. The summed E-state index contributed by atoms with van der Waals surface area (Å²) in [6.07, 6.45) is 91.7. The van der Waals surface area contributed by atoms with Crippen molar-refractivity contribution in [3.05, 3.63) is 48.6 Å². The zero-order valence-corrected chi connectivity index (χ0v) is 64.5. The molecule has 1 aliphatic rings. The van der Waals surface area contributed by atoms with E-state index >= 15 is 0 Å². The van der Waals surface area contributed by atoms with Crippen molar-refractivity contribution in [1.82, 2.24) is 5.32 Å². The molecule has 11 heteroatoms. The number of hydrogen-bond acceptors (Lipinski definition) is 10. The Morgan fingerprint density at radius 2 is 0.663 bits per heavy atom. The second-order valence-corrected chi connectivity index (χ2v) is 29.9. The number of carbonyl (C=O) groups is 2. The van der Waals surface area contributed by atoms with Gasteiger partial charge in [-0.25, -0.2) is 0 Å². The van der Waals surface area contributed by atoms with Crippen LogP contribution in [0.5, 0.6) is 0 Å². The molecule has 1 heterocycles. The molecule has 98 heavy (non-hydrogen) atoms. The minimum atomic E-state index is -1.58. The van der Waals surface area contributed by atoms with E-state index in [-0.39, 0.29) is 18.5 Å². The van der Waals surface area contributed by atoms with Crippen LogP contribution in [-0.4, -0.2) is 100 Å². The molecule has 11 nitrogen and oxygen atoms in total. The summed E-state index contributed by atoms with van der Waals surface area (Å²) in [7, 11) is 0. The molecule has 0 spiro atoms. The molecule has 6 N–H and O–H groups in total. The maximum Gasteiger partial charge on any atom is 0.305 e. The van der Waals surface area contributed by atoms with Crippen molar-refractivity contribution in [3.8, 4) is 0 Å². The van der Waals surface area contributed by atoms with Crippen molar-refractivity contribution < 1.29 is 49.3 Å². The lowest BCUT2D eigenvalue weighted by Gasteiger charge is -2.40. The topological polar surface area (TPSA) is 175 Å². The predicted octanol–water partition coefficient (Wildman–Crippen LogP) is 23.8. The molecule has 1 rings (SSSR count). The number of aliphatic hydroxyl groups excluding tert-OH is 5. The fourth-order valence-electron chi connectivity index (χ4n) is 13.7. The molecular weight excluding hydrogens is 1220 g/mol. The Morgan fingerprint density at radius 3 is 1.01 bits per heavy atom. The molecule has 0 radical (unpaired) electrons. The first kappa shape index (κ1) is 93.6. The molecule has 0 aliphatic carbocycles. The largest absolute Gasteiger partial charge is 0.466 e. The number of ether oxygens (including phenoxy) is 3. The second-order valence-electron chi connectivity index (χ2n) is 29.9. The number of aliphatic hydroxyl groups is 5. The van der Waals surface area contributed by atoms with Crippen LogP contribution in [0.2, 0.25) is 0 Å². The Hall–Kier alpha value is -2.38. The van der Waals surface area contributed by atoms with Crippen molar-refractivity contribution >= 4 is 11.9 Å². The SMILES string of the molecule is CCCCCCC/C=C/CC/C=C/CC/C=C/C(O)C(COC1OC(CO)C(O)C(O)C1O)NC(=O)CCCCCCCCCCCCCCCCCCC/C=C\CCCCCCCCCCCCCCCCCCCCOC(=O)CCCCCCCCCCCCCCCCCC. The van der Waals surface area contributed by atoms with E-state index in [1.807, 2.05) is 6.08 Å². The van der Waals surface area contributed by atoms with Gasteiger partial charge in [-0.1, -0.05) is 383 Å². The highest BCUT2D eigenvalue weighted by Gasteiger charge is 2.44. The van der Waals surface area contributed by atoms with Crippen LogP contribution in [0.15, 0.2) is 48.6 Å². The molecule has 1 saturated heterocycles. The Labute approximate surface area is 606 Å². The molecule has 0 aromatic heterocycles. The maximum absolute atomic E-state index is 13.1. The van der Waals surface area contributed by atoms with E-state index in [4.69, 9.17) is 14.2 Å². The van der Waals surface area contributed by atoms with Crippen LogP contribution in [0.4, 0.5) is 0 Å². The van der Waals surface area contributed by atoms with Crippen LogP contribution in [0.3, 0.4) is 0 Å². The molecule has 7 atom stereocenters. The molecule has 1 amide bonds. The minimum Gasteiger partial charge on any atom is -0.466 e. The summed E-state index contributed by atoms with van der Waals surface area (Å²) < 4.78 is 16.8. The molecule has 0 bridgehead atoms. The van der Waals surface area contributed by atoms with E-state index in [2.05, 4.69) is 55.6 Å². The van der Waals surface area contributed by atoms with Gasteiger partial charge in [-0.2, -0.15) is 0 Å². The summed E-state index contributed by atoms with van der Waals surface area (Å²) in [5, 5.41) is 54.6. The van der Waals surface area contributed by atoms with Gasteiger partial charge in [0.05, 0.1) is 32.0 Å². The molecule has 1 aliphatic heterocycles. The van der Waals surface area contributed by atoms with Crippen molar-refractivity contribution in [1.29, 1.82) is 0 Å². The normalized spacial score (nSPS) is 17.4. The lowest BCUT2D eigenvalue weighted by atomic mass is 9.99. The monoisotopic (exact) mass is 1380 g/mol. The van der Waals surface area contributed by atoms with E-state index in [0.717, 1.165) is 64.2 Å². The minimum absolute atomic E-state index is 0.0207. The lowest BCUT2D eigenvalue weighted by Crippen LogP contribution is -2.60. The van der Waals surface area contributed by atoms with E-state index in [0.29, 0.717) is 19.4 Å². The van der Waals surface area contributed by atoms with Crippen LogP contribution in [0, 0.1) is 0 Å². The molecular formula is C87H163NO10. The number of rotatable bonds is 77. The van der Waals surface area contributed by atoms with E-state index in [1.54, 1.807) is 6.08 Å². The highest BCUT2D eigenvalue weighted by molar-refractivity contribution is 5.76. The number of unbranched alkanes of at least 4 members (excludes halogenated alkanes) is 57. The van der Waals surface area contributed by atoms with E-state index in [1.165, 1.54) is 340 Å². The quantitative estimate of drug-likeness (QED) is 0.0195. The first-order valence-electron chi connectivity index (χ1n) is 42.9. The van der Waals surface area contributed by atoms with Crippen molar-refractivity contribution in [2.75, 3.05) is 19.8 Å². The molecule has 576 valence electrons. The van der Waals surface area contributed by atoms with Crippen molar-refractivity contribution in [3.63, 3.8) is 0 Å².